The summed E-state index contributed by atoms with van der Waals surface area (Å²) in [5.74, 6) is -2.80. The molecule has 0 saturated heterocycles. The predicted octanol–water partition coefficient (Wildman–Crippen LogP) is 4.40. The Morgan fingerprint density at radius 3 is 2.62 bits per heavy atom. The molecule has 0 bridgehead atoms. The number of aryl methyl sites for hydroxylation is 1. The second-order valence-electron chi connectivity index (χ2n) is 7.91. The number of nitrogens with two attached hydrogens (primary N) is 1. The molecule has 172 valence electrons. The monoisotopic (exact) mass is 459 g/mol. The quantitative estimate of drug-likeness (QED) is 0.407. The summed E-state index contributed by atoms with van der Waals surface area (Å²) in [7, 11) is 0. The summed E-state index contributed by atoms with van der Waals surface area (Å²) < 4.78 is 27.2. The van der Waals surface area contributed by atoms with Gasteiger partial charge in [-0.3, -0.25) is 9.78 Å². The molecule has 34 heavy (non-hydrogen) atoms. The summed E-state index contributed by atoms with van der Waals surface area (Å²) in [6.45, 7) is 2.54. The molecule has 0 saturated carbocycles. The number of benzene rings is 2. The fourth-order valence-electron chi connectivity index (χ4n) is 3.76. The SMILES string of the molecule is Cc1cccc(CCNc2nc(-c3ccc(F)c(F)c3)ncc2C(C(N)=O)c2cccnc2)c1. The third-order valence-corrected chi connectivity index (χ3v) is 5.40. The minimum absolute atomic E-state index is 0.190. The number of halogens is 2. The van der Waals surface area contributed by atoms with Crippen LogP contribution in [0.4, 0.5) is 14.6 Å². The summed E-state index contributed by atoms with van der Waals surface area (Å²) in [6, 6.07) is 15.1. The first-order chi connectivity index (χ1) is 16.4. The molecule has 2 aromatic carbocycles. The number of carbonyl (C=O) groups is 1. The Bertz CT molecular complexity index is 1310. The fourth-order valence-corrected chi connectivity index (χ4v) is 3.76. The smallest absolute Gasteiger partial charge is 0.229 e. The maximum atomic E-state index is 13.8. The van der Waals surface area contributed by atoms with Gasteiger partial charge in [-0.05, 0) is 48.7 Å². The van der Waals surface area contributed by atoms with Crippen LogP contribution in [0.1, 0.15) is 28.2 Å². The zero-order valence-electron chi connectivity index (χ0n) is 18.5. The molecule has 2 aromatic heterocycles. The summed E-state index contributed by atoms with van der Waals surface area (Å²) in [5.41, 5.74) is 9.43. The molecule has 1 atom stereocenters. The van der Waals surface area contributed by atoms with Crippen molar-refractivity contribution in [2.45, 2.75) is 19.3 Å². The van der Waals surface area contributed by atoms with Gasteiger partial charge in [0.2, 0.25) is 5.91 Å². The van der Waals surface area contributed by atoms with E-state index in [1.807, 2.05) is 25.1 Å². The highest BCUT2D eigenvalue weighted by molar-refractivity contribution is 5.87. The standard InChI is InChI=1S/C26H23F2N5O/c1-16-4-2-5-17(12-16)9-11-31-26-20(23(24(29)34)19-6-3-10-30-14-19)15-32-25(33-26)18-7-8-21(27)22(28)13-18/h2-8,10,12-15,23H,9,11H2,1H3,(H2,29,34)(H,31,32,33). The van der Waals surface area contributed by atoms with Crippen LogP contribution in [0.25, 0.3) is 11.4 Å². The summed E-state index contributed by atoms with van der Waals surface area (Å²) in [4.78, 5) is 25.4. The van der Waals surface area contributed by atoms with Crippen molar-refractivity contribution in [1.82, 2.24) is 15.0 Å². The molecule has 0 radical (unpaired) electrons. The van der Waals surface area contributed by atoms with Crippen molar-refractivity contribution in [3.05, 3.63) is 107 Å². The normalized spacial score (nSPS) is 11.7. The Balaban J connectivity index is 1.71. The van der Waals surface area contributed by atoms with E-state index in [1.165, 1.54) is 12.3 Å². The van der Waals surface area contributed by atoms with Crippen LogP contribution in [0.15, 0.2) is 73.2 Å². The molecule has 6 nitrogen and oxygen atoms in total. The van der Waals surface area contributed by atoms with Crippen LogP contribution in [-0.2, 0) is 11.2 Å². The maximum absolute atomic E-state index is 13.8. The first-order valence-corrected chi connectivity index (χ1v) is 10.7. The molecule has 4 rings (SSSR count). The van der Waals surface area contributed by atoms with Crippen LogP contribution in [-0.4, -0.2) is 27.4 Å². The van der Waals surface area contributed by atoms with Crippen molar-refractivity contribution in [2.24, 2.45) is 5.73 Å². The minimum atomic E-state index is -0.996. The fraction of sp³-hybridized carbons (Fsp3) is 0.154. The molecule has 8 heteroatoms. The zero-order chi connectivity index (χ0) is 24.1. The number of nitrogens with zero attached hydrogens (tertiary/aromatic N) is 3. The van der Waals surface area contributed by atoms with Gasteiger partial charge in [0.15, 0.2) is 17.5 Å². The van der Waals surface area contributed by atoms with Gasteiger partial charge in [-0.1, -0.05) is 35.9 Å². The van der Waals surface area contributed by atoms with E-state index in [0.29, 0.717) is 35.5 Å². The van der Waals surface area contributed by atoms with E-state index >= 15 is 0 Å². The van der Waals surface area contributed by atoms with Crippen molar-refractivity contribution in [3.8, 4) is 11.4 Å². The molecular weight excluding hydrogens is 436 g/mol. The number of hydrogen-bond acceptors (Lipinski definition) is 5. The molecule has 1 unspecified atom stereocenters. The van der Waals surface area contributed by atoms with Gasteiger partial charge in [-0.25, -0.2) is 18.7 Å². The first-order valence-electron chi connectivity index (χ1n) is 10.7. The third-order valence-electron chi connectivity index (χ3n) is 5.40. The number of primary amides is 1. The van der Waals surface area contributed by atoms with Gasteiger partial charge < -0.3 is 11.1 Å². The summed E-state index contributed by atoms with van der Waals surface area (Å²) >= 11 is 0. The number of aromatic nitrogens is 3. The van der Waals surface area contributed by atoms with E-state index < -0.39 is 23.5 Å². The van der Waals surface area contributed by atoms with Crippen LogP contribution >= 0.6 is 0 Å². The van der Waals surface area contributed by atoms with E-state index in [2.05, 4.69) is 26.3 Å². The number of carbonyl (C=O) groups excluding carboxylic acids is 1. The molecule has 4 aromatic rings. The van der Waals surface area contributed by atoms with Gasteiger partial charge >= 0.3 is 0 Å². The maximum Gasteiger partial charge on any atom is 0.229 e. The molecule has 1 amide bonds. The number of rotatable bonds is 8. The van der Waals surface area contributed by atoms with Gasteiger partial charge in [-0.15, -0.1) is 0 Å². The lowest BCUT2D eigenvalue weighted by Crippen LogP contribution is -2.24. The highest BCUT2D eigenvalue weighted by Crippen LogP contribution is 2.30. The number of nitrogens with one attached hydrogen (secondary N) is 1. The number of anilines is 1. The molecule has 0 spiro atoms. The van der Waals surface area contributed by atoms with E-state index in [4.69, 9.17) is 5.73 Å². The predicted molar refractivity (Wildman–Crippen MR) is 126 cm³/mol. The Hall–Kier alpha value is -4.20. The molecule has 2 heterocycles. The molecule has 0 aliphatic carbocycles. The number of amides is 1. The van der Waals surface area contributed by atoms with Crippen LogP contribution < -0.4 is 11.1 Å². The Morgan fingerprint density at radius 1 is 1.06 bits per heavy atom. The van der Waals surface area contributed by atoms with Crippen molar-refractivity contribution in [3.63, 3.8) is 0 Å². The topological polar surface area (TPSA) is 93.8 Å². The molecule has 0 aliphatic heterocycles. The second-order valence-corrected chi connectivity index (χ2v) is 7.91. The zero-order valence-corrected chi connectivity index (χ0v) is 18.5. The molecule has 0 aliphatic rings. The van der Waals surface area contributed by atoms with E-state index in [0.717, 1.165) is 23.3 Å². The van der Waals surface area contributed by atoms with Crippen LogP contribution in [0.5, 0.6) is 0 Å². The molecular formula is C26H23F2N5O. The van der Waals surface area contributed by atoms with Gasteiger partial charge in [0, 0.05) is 36.3 Å². The molecule has 3 N–H and O–H groups in total. The Labute approximate surface area is 195 Å². The van der Waals surface area contributed by atoms with E-state index in [9.17, 15) is 13.6 Å². The van der Waals surface area contributed by atoms with E-state index in [-0.39, 0.29) is 5.82 Å². The Morgan fingerprint density at radius 2 is 1.91 bits per heavy atom. The second kappa shape index (κ2) is 10.2. The van der Waals surface area contributed by atoms with Gasteiger partial charge in [0.1, 0.15) is 5.82 Å². The lowest BCUT2D eigenvalue weighted by molar-refractivity contribution is -0.118. The number of pyridine rings is 1. The average molecular weight is 460 g/mol. The third kappa shape index (κ3) is 5.23. The van der Waals surface area contributed by atoms with Gasteiger partial charge in [-0.2, -0.15) is 0 Å². The van der Waals surface area contributed by atoms with Crippen molar-refractivity contribution < 1.29 is 13.6 Å². The van der Waals surface area contributed by atoms with Crippen molar-refractivity contribution in [2.75, 3.05) is 11.9 Å². The lowest BCUT2D eigenvalue weighted by Gasteiger charge is -2.19. The minimum Gasteiger partial charge on any atom is -0.369 e. The van der Waals surface area contributed by atoms with Crippen molar-refractivity contribution >= 4 is 11.7 Å². The van der Waals surface area contributed by atoms with Gasteiger partial charge in [0.25, 0.3) is 0 Å². The highest BCUT2D eigenvalue weighted by atomic mass is 19.2. The van der Waals surface area contributed by atoms with Gasteiger partial charge in [0.05, 0.1) is 5.92 Å². The number of hydrogen-bond donors (Lipinski definition) is 2. The summed E-state index contributed by atoms with van der Waals surface area (Å²) in [5, 5.41) is 3.28. The largest absolute Gasteiger partial charge is 0.369 e. The van der Waals surface area contributed by atoms with Crippen molar-refractivity contribution in [1.29, 1.82) is 0 Å². The van der Waals surface area contributed by atoms with Crippen LogP contribution in [0.3, 0.4) is 0 Å². The Kier molecular flexibility index (Phi) is 6.87. The highest BCUT2D eigenvalue weighted by Gasteiger charge is 2.25. The first kappa shape index (κ1) is 23.0. The molecule has 0 fully saturated rings. The van der Waals surface area contributed by atoms with Crippen LogP contribution in [0.2, 0.25) is 0 Å². The summed E-state index contributed by atoms with van der Waals surface area (Å²) in [6.07, 6.45) is 5.36. The van der Waals surface area contributed by atoms with E-state index in [1.54, 1.807) is 24.5 Å². The lowest BCUT2D eigenvalue weighted by atomic mass is 9.93. The average Bonchev–Trinajstić information content (AvgIpc) is 2.82. The van der Waals surface area contributed by atoms with Crippen LogP contribution in [0, 0.1) is 18.6 Å².